The van der Waals surface area contributed by atoms with Crippen LogP contribution in [0.15, 0.2) is 42.5 Å². The van der Waals surface area contributed by atoms with Gasteiger partial charge in [-0.15, -0.1) is 0 Å². The lowest BCUT2D eigenvalue weighted by atomic mass is 9.96. The van der Waals surface area contributed by atoms with E-state index >= 15 is 0 Å². The minimum absolute atomic E-state index is 0.150. The van der Waals surface area contributed by atoms with E-state index in [1.807, 2.05) is 26.0 Å². The van der Waals surface area contributed by atoms with Crippen molar-refractivity contribution in [3.8, 4) is 6.07 Å². The highest BCUT2D eigenvalue weighted by Gasteiger charge is 2.41. The summed E-state index contributed by atoms with van der Waals surface area (Å²) in [6.07, 6.45) is 0.485. The van der Waals surface area contributed by atoms with Crippen LogP contribution in [0.1, 0.15) is 69.2 Å². The summed E-state index contributed by atoms with van der Waals surface area (Å²) in [7, 11) is 0. The number of halogens is 2. The lowest BCUT2D eigenvalue weighted by Gasteiger charge is -2.38. The molecule has 0 saturated heterocycles. The van der Waals surface area contributed by atoms with Gasteiger partial charge in [-0.2, -0.15) is 10.4 Å². The Kier molecular flexibility index (Phi) is 6.71. The number of nitrogens with zero attached hydrogens (tertiary/aromatic N) is 5. The second-order valence-electron chi connectivity index (χ2n) is 9.54. The van der Waals surface area contributed by atoms with Crippen molar-refractivity contribution < 1.29 is 14.7 Å². The first kappa shape index (κ1) is 25.3. The molecule has 0 bridgehead atoms. The van der Waals surface area contributed by atoms with Crippen molar-refractivity contribution in [1.29, 1.82) is 5.26 Å². The SMILES string of the molecule is CC(c1ccc(C#N)cc1)N1C[C@@H](CO)n2nc3c(c2C1=O)CN(C(=O)c1ccc(Cl)c(Cl)c1)[C@H](C)C3. The van der Waals surface area contributed by atoms with Crippen LogP contribution in [-0.2, 0) is 13.0 Å². The molecule has 0 fully saturated rings. The number of hydrogen-bond acceptors (Lipinski definition) is 5. The fraction of sp³-hybridized carbons (Fsp3) is 0.333. The lowest BCUT2D eigenvalue weighted by Crippen LogP contribution is -2.46. The van der Waals surface area contributed by atoms with Gasteiger partial charge in [0.15, 0.2) is 0 Å². The molecule has 1 unspecified atom stereocenters. The Balaban J connectivity index is 1.49. The molecule has 190 valence electrons. The van der Waals surface area contributed by atoms with E-state index in [0.29, 0.717) is 45.4 Å². The summed E-state index contributed by atoms with van der Waals surface area (Å²) < 4.78 is 1.63. The Morgan fingerprint density at radius 1 is 1.22 bits per heavy atom. The lowest BCUT2D eigenvalue weighted by molar-refractivity contribution is 0.0514. The summed E-state index contributed by atoms with van der Waals surface area (Å²) in [6, 6.07) is 13.2. The molecule has 5 rings (SSSR count). The topological polar surface area (TPSA) is 102 Å². The highest BCUT2D eigenvalue weighted by atomic mass is 35.5. The van der Waals surface area contributed by atoms with Crippen LogP contribution in [0.4, 0.5) is 0 Å². The van der Waals surface area contributed by atoms with Gasteiger partial charge in [-0.1, -0.05) is 35.3 Å². The Morgan fingerprint density at radius 2 is 1.95 bits per heavy atom. The van der Waals surface area contributed by atoms with Gasteiger partial charge in [-0.05, 0) is 49.7 Å². The molecule has 37 heavy (non-hydrogen) atoms. The van der Waals surface area contributed by atoms with Crippen LogP contribution in [-0.4, -0.2) is 55.7 Å². The monoisotopic (exact) mass is 537 g/mol. The van der Waals surface area contributed by atoms with Crippen molar-refractivity contribution in [1.82, 2.24) is 19.6 Å². The number of nitriles is 1. The maximum absolute atomic E-state index is 13.9. The standard InChI is InChI=1S/C27H25Cl2N5O3/c1-15-9-24-21(13-32(15)26(36)19-7-8-22(28)23(29)10-19)25-27(37)33(12-20(14-35)34(25)31-24)16(2)18-5-3-17(11-30)4-6-18/h3-8,10,15-16,20,35H,9,12-14H2,1-2H3/t15-,16?,20+/m1/s1. The molecular formula is C27H25Cl2N5O3. The van der Waals surface area contributed by atoms with Crippen molar-refractivity contribution in [3.63, 3.8) is 0 Å². The minimum atomic E-state index is -0.409. The van der Waals surface area contributed by atoms with E-state index < -0.39 is 6.04 Å². The van der Waals surface area contributed by atoms with Crippen molar-refractivity contribution in [2.75, 3.05) is 13.2 Å². The molecule has 0 saturated carbocycles. The molecule has 8 nitrogen and oxygen atoms in total. The summed E-state index contributed by atoms with van der Waals surface area (Å²) in [5.41, 5.74) is 3.71. The molecule has 0 radical (unpaired) electrons. The van der Waals surface area contributed by atoms with Gasteiger partial charge in [0.2, 0.25) is 0 Å². The molecule has 0 spiro atoms. The first-order valence-electron chi connectivity index (χ1n) is 12.0. The van der Waals surface area contributed by atoms with Gasteiger partial charge < -0.3 is 14.9 Å². The number of rotatable bonds is 4. The van der Waals surface area contributed by atoms with E-state index in [-0.39, 0.29) is 37.0 Å². The maximum atomic E-state index is 13.9. The first-order chi connectivity index (χ1) is 17.7. The van der Waals surface area contributed by atoms with E-state index in [9.17, 15) is 14.7 Å². The number of aliphatic hydroxyl groups excluding tert-OH is 1. The second-order valence-corrected chi connectivity index (χ2v) is 10.4. The van der Waals surface area contributed by atoms with Crippen molar-refractivity contribution in [2.24, 2.45) is 0 Å². The Hall–Kier alpha value is -3.38. The van der Waals surface area contributed by atoms with Crippen LogP contribution in [0, 0.1) is 11.3 Å². The van der Waals surface area contributed by atoms with Gasteiger partial charge in [0.05, 0.1) is 52.6 Å². The number of carbonyl (C=O) groups excluding carboxylic acids is 2. The van der Waals surface area contributed by atoms with Crippen LogP contribution in [0.2, 0.25) is 10.0 Å². The number of aromatic nitrogens is 2. The third-order valence-corrected chi connectivity index (χ3v) is 8.02. The van der Waals surface area contributed by atoms with Gasteiger partial charge in [-0.25, -0.2) is 0 Å². The van der Waals surface area contributed by atoms with Gasteiger partial charge >= 0.3 is 0 Å². The molecule has 3 heterocycles. The van der Waals surface area contributed by atoms with Crippen LogP contribution < -0.4 is 0 Å². The van der Waals surface area contributed by atoms with E-state index in [4.69, 9.17) is 33.6 Å². The third kappa shape index (κ3) is 4.37. The number of amides is 2. The molecule has 1 aromatic heterocycles. The fourth-order valence-corrected chi connectivity index (χ4v) is 5.43. The third-order valence-electron chi connectivity index (χ3n) is 7.29. The average molecular weight is 538 g/mol. The van der Waals surface area contributed by atoms with Crippen LogP contribution >= 0.6 is 23.2 Å². The van der Waals surface area contributed by atoms with Gasteiger partial charge in [0, 0.05) is 30.1 Å². The number of fused-ring (bicyclic) bond motifs is 3. The zero-order valence-corrected chi connectivity index (χ0v) is 21.9. The average Bonchev–Trinajstić information content (AvgIpc) is 3.28. The summed E-state index contributed by atoms with van der Waals surface area (Å²) in [6.45, 7) is 4.20. The quantitative estimate of drug-likeness (QED) is 0.531. The van der Waals surface area contributed by atoms with Crippen LogP contribution in [0.25, 0.3) is 0 Å². The molecule has 1 N–H and O–H groups in total. The molecule has 2 amide bonds. The largest absolute Gasteiger partial charge is 0.394 e. The first-order valence-corrected chi connectivity index (χ1v) is 12.8. The minimum Gasteiger partial charge on any atom is -0.394 e. The number of aliphatic hydroxyl groups is 1. The van der Waals surface area contributed by atoms with Crippen LogP contribution in [0.5, 0.6) is 0 Å². The Morgan fingerprint density at radius 3 is 2.59 bits per heavy atom. The molecule has 2 aromatic carbocycles. The van der Waals surface area contributed by atoms with E-state index in [2.05, 4.69) is 6.07 Å². The number of carbonyl (C=O) groups is 2. The van der Waals surface area contributed by atoms with E-state index in [0.717, 1.165) is 11.3 Å². The Bertz CT molecular complexity index is 1430. The number of benzene rings is 2. The summed E-state index contributed by atoms with van der Waals surface area (Å²) in [4.78, 5) is 30.7. The molecule has 10 heteroatoms. The molecule has 3 aromatic rings. The van der Waals surface area contributed by atoms with Gasteiger partial charge in [0.25, 0.3) is 11.8 Å². The second kappa shape index (κ2) is 9.82. The van der Waals surface area contributed by atoms with E-state index in [1.165, 1.54) is 0 Å². The smallest absolute Gasteiger partial charge is 0.273 e. The predicted molar refractivity (Wildman–Crippen MR) is 138 cm³/mol. The highest BCUT2D eigenvalue weighted by Crippen LogP contribution is 2.35. The molecule has 2 aliphatic rings. The molecule has 3 atom stereocenters. The van der Waals surface area contributed by atoms with Gasteiger partial charge in [-0.3, -0.25) is 14.3 Å². The normalized spacial score (nSPS) is 19.7. The Labute approximate surface area is 224 Å². The van der Waals surface area contributed by atoms with Crippen molar-refractivity contribution >= 4 is 35.0 Å². The zero-order valence-electron chi connectivity index (χ0n) is 20.4. The number of hydrogen-bond donors (Lipinski definition) is 1. The zero-order chi connectivity index (χ0) is 26.4. The van der Waals surface area contributed by atoms with Gasteiger partial charge in [0.1, 0.15) is 5.69 Å². The molecule has 2 aliphatic heterocycles. The molecular weight excluding hydrogens is 513 g/mol. The summed E-state index contributed by atoms with van der Waals surface area (Å²) in [5.74, 6) is -0.409. The maximum Gasteiger partial charge on any atom is 0.273 e. The van der Waals surface area contributed by atoms with E-state index in [1.54, 1.807) is 44.8 Å². The molecule has 0 aliphatic carbocycles. The highest BCUT2D eigenvalue weighted by molar-refractivity contribution is 6.42. The summed E-state index contributed by atoms with van der Waals surface area (Å²) >= 11 is 12.2. The predicted octanol–water partition coefficient (Wildman–Crippen LogP) is 4.40. The summed E-state index contributed by atoms with van der Waals surface area (Å²) in [5, 5.41) is 24.7. The van der Waals surface area contributed by atoms with Crippen molar-refractivity contribution in [2.45, 2.75) is 44.9 Å². The van der Waals surface area contributed by atoms with Crippen LogP contribution in [0.3, 0.4) is 0 Å². The fourth-order valence-electron chi connectivity index (χ4n) is 5.13. The van der Waals surface area contributed by atoms with Crippen molar-refractivity contribution in [3.05, 3.63) is 86.2 Å².